The Balaban J connectivity index is 1.74. The minimum Gasteiger partial charge on any atom is -0.495 e. The Morgan fingerprint density at radius 1 is 1.31 bits per heavy atom. The highest BCUT2D eigenvalue weighted by atomic mass is 35.5. The number of aromatic amines is 1. The van der Waals surface area contributed by atoms with Crippen LogP contribution in [0.2, 0.25) is 5.02 Å². The lowest BCUT2D eigenvalue weighted by atomic mass is 10.2. The van der Waals surface area contributed by atoms with Crippen molar-refractivity contribution in [1.29, 1.82) is 0 Å². The second-order valence-corrected chi connectivity index (χ2v) is 7.01. The summed E-state index contributed by atoms with van der Waals surface area (Å²) >= 11 is 6.12. The molecular weight excluding hydrogens is 392 g/mol. The van der Waals surface area contributed by atoms with Gasteiger partial charge in [-0.05, 0) is 43.8 Å². The predicted molar refractivity (Wildman–Crippen MR) is 115 cm³/mol. The number of anilines is 1. The zero-order valence-corrected chi connectivity index (χ0v) is 17.3. The van der Waals surface area contributed by atoms with E-state index in [1.807, 2.05) is 24.8 Å². The molecule has 7 nitrogen and oxygen atoms in total. The number of likely N-dealkylation sites (N-methyl/N-ethyl adjacent to an activating group) is 1. The molecule has 0 aliphatic carbocycles. The maximum absolute atomic E-state index is 12.7. The number of aromatic nitrogens is 2. The summed E-state index contributed by atoms with van der Waals surface area (Å²) in [5.41, 5.74) is 1.03. The molecule has 0 saturated heterocycles. The summed E-state index contributed by atoms with van der Waals surface area (Å²) < 4.78 is 5.13. The Morgan fingerprint density at radius 3 is 2.76 bits per heavy atom. The van der Waals surface area contributed by atoms with E-state index in [9.17, 15) is 9.59 Å². The first-order valence-corrected chi connectivity index (χ1v) is 9.67. The topological polar surface area (TPSA) is 87.3 Å². The number of ether oxygens (including phenoxy) is 1. The number of rotatable bonds is 7. The fraction of sp³-hybridized carbons (Fsp3) is 0.286. The van der Waals surface area contributed by atoms with E-state index in [2.05, 4.69) is 15.3 Å². The van der Waals surface area contributed by atoms with Crippen LogP contribution in [0.3, 0.4) is 0 Å². The maximum atomic E-state index is 12.7. The van der Waals surface area contributed by atoms with Gasteiger partial charge in [-0.2, -0.15) is 0 Å². The monoisotopic (exact) mass is 414 g/mol. The summed E-state index contributed by atoms with van der Waals surface area (Å²) in [4.78, 5) is 34.3. The van der Waals surface area contributed by atoms with Gasteiger partial charge in [-0.3, -0.25) is 14.5 Å². The van der Waals surface area contributed by atoms with Gasteiger partial charge in [-0.1, -0.05) is 30.7 Å². The van der Waals surface area contributed by atoms with Crippen molar-refractivity contribution in [3.05, 3.63) is 63.7 Å². The molecule has 1 aromatic heterocycles. The van der Waals surface area contributed by atoms with Gasteiger partial charge in [0.2, 0.25) is 5.91 Å². The highest BCUT2D eigenvalue weighted by Crippen LogP contribution is 2.27. The fourth-order valence-corrected chi connectivity index (χ4v) is 3.34. The maximum Gasteiger partial charge on any atom is 0.258 e. The molecule has 3 rings (SSSR count). The van der Waals surface area contributed by atoms with Crippen molar-refractivity contribution < 1.29 is 9.53 Å². The first-order valence-electron chi connectivity index (χ1n) is 9.29. The van der Waals surface area contributed by atoms with Gasteiger partial charge in [0, 0.05) is 5.69 Å². The number of nitrogens with zero attached hydrogens (tertiary/aromatic N) is 2. The number of carbonyl (C=O) groups excluding carboxylic acids is 1. The third-order valence-corrected chi connectivity index (χ3v) is 5.06. The van der Waals surface area contributed by atoms with Gasteiger partial charge in [0.15, 0.2) is 0 Å². The molecule has 29 heavy (non-hydrogen) atoms. The van der Waals surface area contributed by atoms with E-state index in [0.717, 1.165) is 0 Å². The third kappa shape index (κ3) is 4.75. The number of fused-ring (bicyclic) bond motifs is 1. The number of benzene rings is 2. The van der Waals surface area contributed by atoms with Crippen molar-refractivity contribution in [1.82, 2.24) is 14.9 Å². The van der Waals surface area contributed by atoms with Crippen LogP contribution in [0.15, 0.2) is 47.3 Å². The lowest BCUT2D eigenvalue weighted by Crippen LogP contribution is -2.42. The van der Waals surface area contributed by atoms with Crippen LogP contribution in [0, 0.1) is 0 Å². The van der Waals surface area contributed by atoms with Crippen molar-refractivity contribution in [3.8, 4) is 5.75 Å². The first-order chi connectivity index (χ1) is 13.9. The molecule has 8 heteroatoms. The Kier molecular flexibility index (Phi) is 6.51. The van der Waals surface area contributed by atoms with E-state index in [-0.39, 0.29) is 11.5 Å². The molecule has 1 unspecified atom stereocenters. The zero-order chi connectivity index (χ0) is 21.0. The Labute approximate surface area is 173 Å². The van der Waals surface area contributed by atoms with E-state index >= 15 is 0 Å². The smallest absolute Gasteiger partial charge is 0.258 e. The van der Waals surface area contributed by atoms with E-state index < -0.39 is 6.04 Å². The Morgan fingerprint density at radius 2 is 2.07 bits per heavy atom. The fourth-order valence-electron chi connectivity index (χ4n) is 3.08. The Bertz CT molecular complexity index is 1080. The first kappa shape index (κ1) is 20.8. The van der Waals surface area contributed by atoms with Crippen molar-refractivity contribution in [3.63, 3.8) is 0 Å². The van der Waals surface area contributed by atoms with Crippen LogP contribution in [-0.4, -0.2) is 40.5 Å². The molecule has 3 aromatic rings. The molecular formula is C21H23ClN4O3. The van der Waals surface area contributed by atoms with Crippen LogP contribution in [0.25, 0.3) is 10.9 Å². The lowest BCUT2D eigenvalue weighted by Gasteiger charge is -2.26. The molecule has 1 heterocycles. The summed E-state index contributed by atoms with van der Waals surface area (Å²) in [6.07, 6.45) is 0. The summed E-state index contributed by atoms with van der Waals surface area (Å²) in [5.74, 6) is 0.873. The van der Waals surface area contributed by atoms with Gasteiger partial charge in [0.1, 0.15) is 11.6 Å². The number of nitrogens with one attached hydrogen (secondary N) is 2. The van der Waals surface area contributed by atoms with Crippen LogP contribution >= 0.6 is 11.6 Å². The van der Waals surface area contributed by atoms with Crippen LogP contribution in [0.4, 0.5) is 5.69 Å². The molecule has 0 spiro atoms. The van der Waals surface area contributed by atoms with E-state index in [4.69, 9.17) is 16.3 Å². The largest absolute Gasteiger partial charge is 0.495 e. The molecule has 1 amide bonds. The molecule has 0 radical (unpaired) electrons. The predicted octanol–water partition coefficient (Wildman–Crippen LogP) is 3.43. The second kappa shape index (κ2) is 9.07. The van der Waals surface area contributed by atoms with Crippen LogP contribution in [0.1, 0.15) is 19.7 Å². The highest BCUT2D eigenvalue weighted by molar-refractivity contribution is 6.32. The van der Waals surface area contributed by atoms with Gasteiger partial charge < -0.3 is 15.0 Å². The number of hydrogen-bond donors (Lipinski definition) is 2. The SMILES string of the molecule is CCN(Cc1nc2ccccc2c(=O)[nH]1)C(C)C(=O)Nc1ccc(OC)c(Cl)c1. The summed E-state index contributed by atoms with van der Waals surface area (Å²) in [6.45, 7) is 4.71. The lowest BCUT2D eigenvalue weighted by molar-refractivity contribution is -0.120. The molecule has 152 valence electrons. The molecule has 2 N–H and O–H groups in total. The quantitative estimate of drug-likeness (QED) is 0.618. The summed E-state index contributed by atoms with van der Waals surface area (Å²) in [6, 6.07) is 11.8. The van der Waals surface area contributed by atoms with Crippen LogP contribution in [-0.2, 0) is 11.3 Å². The number of H-pyrrole nitrogens is 1. The average molecular weight is 415 g/mol. The van der Waals surface area contributed by atoms with Gasteiger partial charge in [0.05, 0.1) is 35.6 Å². The highest BCUT2D eigenvalue weighted by Gasteiger charge is 2.21. The minimum atomic E-state index is -0.447. The van der Waals surface area contributed by atoms with Crippen LogP contribution in [0.5, 0.6) is 5.75 Å². The molecule has 0 fully saturated rings. The molecule has 0 saturated carbocycles. The van der Waals surface area contributed by atoms with Crippen molar-refractivity contribution in [2.75, 3.05) is 19.0 Å². The van der Waals surface area contributed by atoms with E-state index in [1.54, 1.807) is 36.4 Å². The third-order valence-electron chi connectivity index (χ3n) is 4.77. The minimum absolute atomic E-state index is 0.184. The Hall–Kier alpha value is -2.90. The van der Waals surface area contributed by atoms with Crippen molar-refractivity contribution >= 4 is 34.1 Å². The van der Waals surface area contributed by atoms with Gasteiger partial charge in [0.25, 0.3) is 5.56 Å². The van der Waals surface area contributed by atoms with Crippen molar-refractivity contribution in [2.45, 2.75) is 26.4 Å². The molecule has 0 bridgehead atoms. The van der Waals surface area contributed by atoms with Crippen molar-refractivity contribution in [2.24, 2.45) is 0 Å². The van der Waals surface area contributed by atoms with Crippen LogP contribution < -0.4 is 15.6 Å². The van der Waals surface area contributed by atoms with E-state index in [1.165, 1.54) is 7.11 Å². The van der Waals surface area contributed by atoms with Gasteiger partial charge in [-0.25, -0.2) is 4.98 Å². The summed E-state index contributed by atoms with van der Waals surface area (Å²) in [5, 5.41) is 3.83. The number of carbonyl (C=O) groups is 1. The van der Waals surface area contributed by atoms with Gasteiger partial charge >= 0.3 is 0 Å². The standard InChI is InChI=1S/C21H23ClN4O3/c1-4-26(12-19-24-17-8-6-5-7-15(17)21(28)25-19)13(2)20(27)23-14-9-10-18(29-3)16(22)11-14/h5-11,13H,4,12H2,1-3H3,(H,23,27)(H,24,25,28). The van der Waals surface area contributed by atoms with E-state index in [0.29, 0.717) is 46.3 Å². The number of hydrogen-bond acceptors (Lipinski definition) is 5. The number of amides is 1. The molecule has 1 atom stereocenters. The van der Waals surface area contributed by atoms with Gasteiger partial charge in [-0.15, -0.1) is 0 Å². The molecule has 0 aliphatic rings. The number of methoxy groups -OCH3 is 1. The number of halogens is 1. The second-order valence-electron chi connectivity index (χ2n) is 6.61. The molecule has 2 aromatic carbocycles. The summed E-state index contributed by atoms with van der Waals surface area (Å²) in [7, 11) is 1.53. The molecule has 0 aliphatic heterocycles. The average Bonchev–Trinajstić information content (AvgIpc) is 2.71. The normalized spacial score (nSPS) is 12.2. The zero-order valence-electron chi connectivity index (χ0n) is 16.5. The number of para-hydroxylation sites is 1.